The van der Waals surface area contributed by atoms with Crippen molar-refractivity contribution in [3.63, 3.8) is 0 Å². The van der Waals surface area contributed by atoms with Crippen molar-refractivity contribution in [2.24, 2.45) is 0 Å². The van der Waals surface area contributed by atoms with Gasteiger partial charge in [0, 0.05) is 29.9 Å². The van der Waals surface area contributed by atoms with E-state index in [4.69, 9.17) is 5.73 Å². The Morgan fingerprint density at radius 3 is 2.62 bits per heavy atom. The van der Waals surface area contributed by atoms with E-state index in [0.717, 1.165) is 18.9 Å². The second-order valence-electron chi connectivity index (χ2n) is 5.72. The number of nitrogens with two attached hydrogens (primary N) is 1. The molecule has 0 bridgehead atoms. The van der Waals surface area contributed by atoms with Gasteiger partial charge in [0.15, 0.2) is 0 Å². The Balaban J connectivity index is 2.07. The summed E-state index contributed by atoms with van der Waals surface area (Å²) in [7, 11) is -1.77. The van der Waals surface area contributed by atoms with Gasteiger partial charge in [0.2, 0.25) is 10.0 Å². The highest BCUT2D eigenvalue weighted by Gasteiger charge is 2.29. The number of nitrogens with one attached hydrogen (secondary N) is 1. The van der Waals surface area contributed by atoms with Gasteiger partial charge < -0.3 is 5.73 Å². The summed E-state index contributed by atoms with van der Waals surface area (Å²) in [4.78, 5) is 2.02. The van der Waals surface area contributed by atoms with Crippen molar-refractivity contribution in [2.75, 3.05) is 19.3 Å². The Kier molecular flexibility index (Phi) is 4.55. The molecule has 1 aromatic rings. The van der Waals surface area contributed by atoms with E-state index in [2.05, 4.69) is 9.62 Å². The van der Waals surface area contributed by atoms with Crippen LogP contribution in [0.3, 0.4) is 0 Å². The fraction of sp³-hybridized carbons (Fsp3) is 0.571. The molecule has 5 nitrogen and oxygen atoms in total. The number of nitrogens with zero attached hydrogens (tertiary/aromatic N) is 1. The minimum atomic E-state index is -3.75. The monoisotopic (exact) mass is 315 g/mol. The summed E-state index contributed by atoms with van der Waals surface area (Å²) in [5, 5.41) is 0. The first-order chi connectivity index (χ1) is 9.72. The molecule has 21 heavy (non-hydrogen) atoms. The first-order valence-corrected chi connectivity index (χ1v) is 8.48. The maximum Gasteiger partial charge on any atom is 0.240 e. The van der Waals surface area contributed by atoms with E-state index in [9.17, 15) is 12.8 Å². The predicted molar refractivity (Wildman–Crippen MR) is 81.0 cm³/mol. The van der Waals surface area contributed by atoms with Crippen molar-refractivity contribution in [3.8, 4) is 0 Å². The van der Waals surface area contributed by atoms with E-state index >= 15 is 0 Å². The van der Waals surface area contributed by atoms with E-state index in [1.165, 1.54) is 13.0 Å². The van der Waals surface area contributed by atoms with Crippen molar-refractivity contribution in [3.05, 3.63) is 23.5 Å². The molecule has 1 saturated carbocycles. The standard InChI is InChI=1S/C14H22FN3O2S/c1-9(18(3)11-4-5-11)8-17-21(19,20)12-6-13(15)10(2)14(16)7-12/h6-7,9,11,17H,4-5,8,16H2,1-3H3. The molecule has 0 amide bonds. The third kappa shape index (κ3) is 3.72. The van der Waals surface area contributed by atoms with Gasteiger partial charge in [0.05, 0.1) is 4.90 Å². The van der Waals surface area contributed by atoms with Gasteiger partial charge in [-0.3, -0.25) is 4.90 Å². The van der Waals surface area contributed by atoms with Gasteiger partial charge in [-0.15, -0.1) is 0 Å². The van der Waals surface area contributed by atoms with Gasteiger partial charge in [-0.2, -0.15) is 0 Å². The fourth-order valence-electron chi connectivity index (χ4n) is 2.13. The van der Waals surface area contributed by atoms with E-state index in [0.29, 0.717) is 6.04 Å². The topological polar surface area (TPSA) is 75.4 Å². The Hall–Kier alpha value is -1.18. The molecule has 0 aliphatic heterocycles. The number of hydrogen-bond donors (Lipinski definition) is 2. The van der Waals surface area contributed by atoms with Crippen molar-refractivity contribution in [1.29, 1.82) is 0 Å². The molecular formula is C14H22FN3O2S. The third-order valence-electron chi connectivity index (χ3n) is 4.06. The first-order valence-electron chi connectivity index (χ1n) is 6.99. The molecule has 118 valence electrons. The predicted octanol–water partition coefficient (Wildman–Crippen LogP) is 1.48. The molecule has 1 aliphatic rings. The molecule has 1 aromatic carbocycles. The third-order valence-corrected chi connectivity index (χ3v) is 5.46. The summed E-state index contributed by atoms with van der Waals surface area (Å²) < 4.78 is 40.6. The van der Waals surface area contributed by atoms with Crippen LogP contribution in [0.15, 0.2) is 17.0 Å². The highest BCUT2D eigenvalue weighted by Crippen LogP contribution is 2.27. The Bertz CT molecular complexity index is 606. The van der Waals surface area contributed by atoms with Crippen molar-refractivity contribution in [1.82, 2.24) is 9.62 Å². The van der Waals surface area contributed by atoms with Crippen molar-refractivity contribution < 1.29 is 12.8 Å². The number of likely N-dealkylation sites (N-methyl/N-ethyl adjacent to an activating group) is 1. The molecule has 0 spiro atoms. The van der Waals surface area contributed by atoms with Gasteiger partial charge >= 0.3 is 0 Å². The highest BCUT2D eigenvalue weighted by atomic mass is 32.2. The molecule has 7 heteroatoms. The average Bonchev–Trinajstić information content (AvgIpc) is 3.25. The fourth-order valence-corrected chi connectivity index (χ4v) is 3.30. The van der Waals surface area contributed by atoms with Crippen molar-refractivity contribution in [2.45, 2.75) is 43.7 Å². The smallest absolute Gasteiger partial charge is 0.240 e. The van der Waals surface area contributed by atoms with Crippen LogP contribution in [0.25, 0.3) is 0 Å². The molecule has 0 heterocycles. The Labute approximate surface area is 125 Å². The van der Waals surface area contributed by atoms with Crippen LogP contribution < -0.4 is 10.5 Å². The van der Waals surface area contributed by atoms with Crippen LogP contribution in [0, 0.1) is 12.7 Å². The van der Waals surface area contributed by atoms with Crippen LogP contribution in [-0.2, 0) is 10.0 Å². The zero-order valence-corrected chi connectivity index (χ0v) is 13.4. The summed E-state index contributed by atoms with van der Waals surface area (Å²) in [6.45, 7) is 3.76. The molecule has 0 radical (unpaired) electrons. The maximum atomic E-state index is 13.6. The number of nitrogen functional groups attached to an aromatic ring is 1. The normalized spacial score (nSPS) is 17.2. The molecule has 3 N–H and O–H groups in total. The van der Waals surface area contributed by atoms with Crippen molar-refractivity contribution >= 4 is 15.7 Å². The molecule has 1 atom stereocenters. The summed E-state index contributed by atoms with van der Waals surface area (Å²) >= 11 is 0. The lowest BCUT2D eigenvalue weighted by Crippen LogP contribution is -2.41. The molecule has 1 unspecified atom stereocenters. The highest BCUT2D eigenvalue weighted by molar-refractivity contribution is 7.89. The number of halogens is 1. The average molecular weight is 315 g/mol. The molecule has 0 aromatic heterocycles. The lowest BCUT2D eigenvalue weighted by molar-refractivity contribution is 0.248. The molecule has 1 fully saturated rings. The summed E-state index contributed by atoms with van der Waals surface area (Å²) in [5.41, 5.74) is 6.03. The lowest BCUT2D eigenvalue weighted by Gasteiger charge is -2.24. The number of rotatable bonds is 6. The largest absolute Gasteiger partial charge is 0.398 e. The summed E-state index contributed by atoms with van der Waals surface area (Å²) in [6.07, 6.45) is 2.32. The van der Waals surface area contributed by atoms with Crippen LogP contribution in [-0.4, -0.2) is 39.0 Å². The number of hydrogen-bond acceptors (Lipinski definition) is 4. The van der Waals surface area contributed by atoms with E-state index < -0.39 is 15.8 Å². The van der Waals surface area contributed by atoms with Gasteiger partial charge in [-0.25, -0.2) is 17.5 Å². The second kappa shape index (κ2) is 5.90. The van der Waals surface area contributed by atoms with Crippen LogP contribution in [0.4, 0.5) is 10.1 Å². The van der Waals surface area contributed by atoms with Crippen LogP contribution >= 0.6 is 0 Å². The van der Waals surface area contributed by atoms with Crippen LogP contribution in [0.5, 0.6) is 0 Å². The quantitative estimate of drug-likeness (QED) is 0.780. The lowest BCUT2D eigenvalue weighted by atomic mass is 10.2. The zero-order valence-electron chi connectivity index (χ0n) is 12.6. The number of benzene rings is 1. The number of anilines is 1. The zero-order chi connectivity index (χ0) is 15.8. The van der Waals surface area contributed by atoms with Gasteiger partial charge in [-0.1, -0.05) is 0 Å². The van der Waals surface area contributed by atoms with E-state index in [-0.39, 0.29) is 28.7 Å². The minimum Gasteiger partial charge on any atom is -0.398 e. The Morgan fingerprint density at radius 2 is 2.10 bits per heavy atom. The van der Waals surface area contributed by atoms with Crippen LogP contribution in [0.2, 0.25) is 0 Å². The van der Waals surface area contributed by atoms with Crippen LogP contribution in [0.1, 0.15) is 25.3 Å². The number of sulfonamides is 1. The summed E-state index contributed by atoms with van der Waals surface area (Å²) in [6, 6.07) is 2.93. The molecular weight excluding hydrogens is 293 g/mol. The Morgan fingerprint density at radius 1 is 1.48 bits per heavy atom. The molecule has 0 saturated heterocycles. The van der Waals surface area contributed by atoms with Gasteiger partial charge in [-0.05, 0) is 45.9 Å². The van der Waals surface area contributed by atoms with Gasteiger partial charge in [0.25, 0.3) is 0 Å². The summed E-state index contributed by atoms with van der Waals surface area (Å²) in [5.74, 6) is -0.612. The molecule has 2 rings (SSSR count). The molecule has 1 aliphatic carbocycles. The van der Waals surface area contributed by atoms with E-state index in [1.807, 2.05) is 14.0 Å². The van der Waals surface area contributed by atoms with E-state index in [1.54, 1.807) is 0 Å². The first kappa shape index (κ1) is 16.2. The van der Waals surface area contributed by atoms with Gasteiger partial charge in [0.1, 0.15) is 5.82 Å². The maximum absolute atomic E-state index is 13.6. The minimum absolute atomic E-state index is 0.0833. The second-order valence-corrected chi connectivity index (χ2v) is 7.48. The SMILES string of the molecule is Cc1c(N)cc(S(=O)(=O)NCC(C)N(C)C2CC2)cc1F.